The van der Waals surface area contributed by atoms with E-state index in [0.717, 1.165) is 45.1 Å². The van der Waals surface area contributed by atoms with Crippen molar-refractivity contribution in [3.63, 3.8) is 0 Å². The molecule has 1 saturated carbocycles. The van der Waals surface area contributed by atoms with Crippen LogP contribution in [0.3, 0.4) is 0 Å². The Bertz CT molecular complexity index is 675. The van der Waals surface area contributed by atoms with Crippen molar-refractivity contribution in [1.82, 2.24) is 15.3 Å². The van der Waals surface area contributed by atoms with Crippen LogP contribution in [-0.4, -0.2) is 39.7 Å². The van der Waals surface area contributed by atoms with Crippen molar-refractivity contribution in [2.75, 3.05) is 11.9 Å². The van der Waals surface area contributed by atoms with Gasteiger partial charge in [0.15, 0.2) is 0 Å². The van der Waals surface area contributed by atoms with Crippen molar-refractivity contribution in [3.05, 3.63) is 16.5 Å². The lowest BCUT2D eigenvalue weighted by Crippen LogP contribution is -2.56. The van der Waals surface area contributed by atoms with E-state index in [-0.39, 0.29) is 28.8 Å². The first-order valence-electron chi connectivity index (χ1n) is 9.58. The van der Waals surface area contributed by atoms with Crippen molar-refractivity contribution in [3.8, 4) is 0 Å². The number of esters is 1. The normalized spacial score (nSPS) is 28.8. The van der Waals surface area contributed by atoms with Crippen LogP contribution in [0.5, 0.6) is 0 Å². The molecule has 1 atom stereocenters. The molecule has 1 spiro atoms. The van der Waals surface area contributed by atoms with Gasteiger partial charge in [0.05, 0.1) is 12.1 Å². The van der Waals surface area contributed by atoms with Gasteiger partial charge in [0.25, 0.3) is 0 Å². The van der Waals surface area contributed by atoms with Crippen LogP contribution in [0.25, 0.3) is 0 Å². The first kappa shape index (κ1) is 20.6. The minimum atomic E-state index is -0.417. The van der Waals surface area contributed by atoms with Gasteiger partial charge in [-0.25, -0.2) is 4.98 Å². The number of aromatic nitrogens is 2. The molecule has 150 valence electrons. The standard InChI is InChI=1S/C19H28Cl2N4O2/c1-18(2,3)27-16(26)12-4-7-19(8-5-12)9-6-13(10-23-19)24-15-14(20)11-22-17(21)25-15/h11-13,23H,4-10H2,1-3H3,(H,22,24,25). The third-order valence-corrected chi connectivity index (χ3v) is 5.89. The number of carbonyl (C=O) groups is 1. The van der Waals surface area contributed by atoms with Crippen molar-refractivity contribution in [2.45, 2.75) is 76.5 Å². The molecule has 2 aliphatic rings. The smallest absolute Gasteiger partial charge is 0.309 e. The van der Waals surface area contributed by atoms with Crippen LogP contribution in [0.4, 0.5) is 5.82 Å². The molecular formula is C19H28Cl2N4O2. The zero-order chi connectivity index (χ0) is 19.7. The fourth-order valence-corrected chi connectivity index (χ4v) is 4.24. The minimum absolute atomic E-state index is 0.0227. The van der Waals surface area contributed by atoms with Crippen molar-refractivity contribution < 1.29 is 9.53 Å². The number of ether oxygens (including phenoxy) is 1. The monoisotopic (exact) mass is 414 g/mol. The second-order valence-electron chi connectivity index (χ2n) is 8.68. The number of anilines is 1. The lowest BCUT2D eigenvalue weighted by molar-refractivity contribution is -0.161. The molecule has 1 aliphatic heterocycles. The molecule has 1 saturated heterocycles. The van der Waals surface area contributed by atoms with E-state index in [2.05, 4.69) is 20.6 Å². The van der Waals surface area contributed by atoms with Gasteiger partial charge in [0.1, 0.15) is 16.4 Å². The maximum Gasteiger partial charge on any atom is 0.309 e. The summed E-state index contributed by atoms with van der Waals surface area (Å²) in [6, 6.07) is 0.239. The summed E-state index contributed by atoms with van der Waals surface area (Å²) < 4.78 is 5.55. The predicted molar refractivity (Wildman–Crippen MR) is 107 cm³/mol. The molecule has 2 fully saturated rings. The molecule has 0 bridgehead atoms. The number of rotatable bonds is 3. The van der Waals surface area contributed by atoms with Crippen LogP contribution in [-0.2, 0) is 9.53 Å². The van der Waals surface area contributed by atoms with E-state index in [4.69, 9.17) is 27.9 Å². The third kappa shape index (κ3) is 5.46. The first-order valence-corrected chi connectivity index (χ1v) is 10.3. The first-order chi connectivity index (χ1) is 12.7. The summed E-state index contributed by atoms with van der Waals surface area (Å²) in [4.78, 5) is 20.3. The van der Waals surface area contributed by atoms with E-state index < -0.39 is 5.60 Å². The highest BCUT2D eigenvalue weighted by Crippen LogP contribution is 2.38. The molecule has 0 radical (unpaired) electrons. The van der Waals surface area contributed by atoms with Crippen molar-refractivity contribution in [2.24, 2.45) is 5.92 Å². The molecule has 6 nitrogen and oxygen atoms in total. The Morgan fingerprint density at radius 3 is 2.52 bits per heavy atom. The topological polar surface area (TPSA) is 76.1 Å². The number of piperidine rings is 1. The molecule has 27 heavy (non-hydrogen) atoms. The summed E-state index contributed by atoms with van der Waals surface area (Å²) in [5.41, 5.74) is -0.289. The average molecular weight is 415 g/mol. The third-order valence-electron chi connectivity index (χ3n) is 5.43. The molecule has 1 unspecified atom stereocenters. The van der Waals surface area contributed by atoms with Gasteiger partial charge in [0.2, 0.25) is 5.28 Å². The summed E-state index contributed by atoms with van der Waals surface area (Å²) in [5.74, 6) is 0.547. The van der Waals surface area contributed by atoms with Crippen LogP contribution in [0, 0.1) is 5.92 Å². The van der Waals surface area contributed by atoms with Crippen LogP contribution >= 0.6 is 23.2 Å². The van der Waals surface area contributed by atoms with Gasteiger partial charge < -0.3 is 15.4 Å². The molecule has 1 aliphatic carbocycles. The Kier molecular flexibility index (Phi) is 6.18. The summed E-state index contributed by atoms with van der Waals surface area (Å²) in [5, 5.41) is 7.73. The van der Waals surface area contributed by atoms with E-state index in [0.29, 0.717) is 10.8 Å². The number of nitrogens with one attached hydrogen (secondary N) is 2. The van der Waals surface area contributed by atoms with Crippen molar-refractivity contribution >= 4 is 35.0 Å². The summed E-state index contributed by atoms with van der Waals surface area (Å²) in [6.45, 7) is 6.58. The van der Waals surface area contributed by atoms with E-state index in [1.54, 1.807) is 0 Å². The molecule has 2 N–H and O–H groups in total. The van der Waals surface area contributed by atoms with Crippen LogP contribution in [0.15, 0.2) is 6.20 Å². The molecular weight excluding hydrogens is 387 g/mol. The molecule has 1 aromatic rings. The quantitative estimate of drug-likeness (QED) is 0.569. The van der Waals surface area contributed by atoms with Gasteiger partial charge in [-0.1, -0.05) is 11.6 Å². The Hall–Kier alpha value is -1.11. The Labute approximate surface area is 170 Å². The molecule has 2 heterocycles. The van der Waals surface area contributed by atoms with Gasteiger partial charge in [-0.15, -0.1) is 0 Å². The van der Waals surface area contributed by atoms with Crippen LogP contribution in [0.2, 0.25) is 10.3 Å². The lowest BCUT2D eigenvalue weighted by atomic mass is 9.72. The number of carbonyl (C=O) groups excluding carboxylic acids is 1. The molecule has 3 rings (SSSR count). The highest BCUT2D eigenvalue weighted by Gasteiger charge is 2.41. The van der Waals surface area contributed by atoms with Gasteiger partial charge in [0, 0.05) is 18.1 Å². The predicted octanol–water partition coefficient (Wildman–Crippen LogP) is 4.22. The Morgan fingerprint density at radius 2 is 1.93 bits per heavy atom. The largest absolute Gasteiger partial charge is 0.460 e. The molecule has 0 aromatic carbocycles. The number of nitrogens with zero attached hydrogens (tertiary/aromatic N) is 2. The van der Waals surface area contributed by atoms with E-state index in [9.17, 15) is 4.79 Å². The average Bonchev–Trinajstić information content (AvgIpc) is 2.59. The van der Waals surface area contributed by atoms with Crippen molar-refractivity contribution in [1.29, 1.82) is 0 Å². The Balaban J connectivity index is 1.49. The van der Waals surface area contributed by atoms with Crippen LogP contribution in [0.1, 0.15) is 59.3 Å². The molecule has 0 amide bonds. The van der Waals surface area contributed by atoms with Gasteiger partial charge >= 0.3 is 5.97 Å². The second-order valence-corrected chi connectivity index (χ2v) is 9.43. The van der Waals surface area contributed by atoms with Gasteiger partial charge in [-0.2, -0.15) is 4.98 Å². The minimum Gasteiger partial charge on any atom is -0.460 e. The second kappa shape index (κ2) is 8.10. The number of halogens is 2. The lowest BCUT2D eigenvalue weighted by Gasteiger charge is -2.45. The van der Waals surface area contributed by atoms with Gasteiger partial charge in [-0.05, 0) is 70.9 Å². The fourth-order valence-electron chi connectivity index (χ4n) is 3.96. The van der Waals surface area contributed by atoms with E-state index in [1.807, 2.05) is 20.8 Å². The maximum atomic E-state index is 12.3. The molecule has 1 aromatic heterocycles. The SMILES string of the molecule is CC(C)(C)OC(=O)C1CCC2(CCC(Nc3nc(Cl)ncc3Cl)CN2)CC1. The van der Waals surface area contributed by atoms with E-state index >= 15 is 0 Å². The fraction of sp³-hybridized carbons (Fsp3) is 0.737. The summed E-state index contributed by atoms with van der Waals surface area (Å²) in [7, 11) is 0. The van der Waals surface area contributed by atoms with Crippen LogP contribution < -0.4 is 10.6 Å². The van der Waals surface area contributed by atoms with E-state index in [1.165, 1.54) is 6.20 Å². The summed E-state index contributed by atoms with van der Waals surface area (Å²) in [6.07, 6.45) is 7.35. The zero-order valence-corrected chi connectivity index (χ0v) is 17.7. The summed E-state index contributed by atoms with van der Waals surface area (Å²) >= 11 is 12.0. The highest BCUT2D eigenvalue weighted by molar-refractivity contribution is 6.33. The molecule has 8 heteroatoms. The number of hydrogen-bond acceptors (Lipinski definition) is 6. The maximum absolute atomic E-state index is 12.3. The van der Waals surface area contributed by atoms with Gasteiger partial charge in [-0.3, -0.25) is 4.79 Å². The highest BCUT2D eigenvalue weighted by atomic mass is 35.5. The Morgan fingerprint density at radius 1 is 1.26 bits per heavy atom. The number of hydrogen-bond donors (Lipinski definition) is 2. The zero-order valence-electron chi connectivity index (χ0n) is 16.1.